The van der Waals surface area contributed by atoms with Gasteiger partial charge in [-0.2, -0.15) is 0 Å². The highest BCUT2D eigenvalue weighted by Gasteiger charge is 2.03. The van der Waals surface area contributed by atoms with Crippen LogP contribution in [0.2, 0.25) is 0 Å². The second-order valence-corrected chi connectivity index (χ2v) is 12.0. The molecule has 0 unspecified atom stereocenters. The van der Waals surface area contributed by atoms with Crippen LogP contribution in [-0.2, 0) is 22.3 Å². The van der Waals surface area contributed by atoms with Gasteiger partial charge in [0.1, 0.15) is 0 Å². The first kappa shape index (κ1) is 37.2. The van der Waals surface area contributed by atoms with E-state index in [4.69, 9.17) is 9.47 Å². The van der Waals surface area contributed by atoms with E-state index in [1.165, 1.54) is 75.3 Å². The van der Waals surface area contributed by atoms with Crippen LogP contribution in [0.25, 0.3) is 0 Å². The Bertz CT molecular complexity index is 861. The molecule has 44 heavy (non-hydrogen) atoms. The lowest BCUT2D eigenvalue weighted by molar-refractivity contribution is 0.143. The number of hydrogen-bond donors (Lipinski definition) is 2. The maximum Gasteiger partial charge on any atom is 0.407 e. The summed E-state index contributed by atoms with van der Waals surface area (Å²) in [7, 11) is 0. The highest BCUT2D eigenvalue weighted by Crippen LogP contribution is 2.11. The molecule has 2 N–H and O–H groups in total. The number of carbonyl (C=O) groups is 2. The van der Waals surface area contributed by atoms with Gasteiger partial charge in [-0.3, -0.25) is 0 Å². The molecule has 0 fully saturated rings. The van der Waals surface area contributed by atoms with Gasteiger partial charge >= 0.3 is 12.2 Å². The van der Waals surface area contributed by atoms with Gasteiger partial charge in [0, 0.05) is 13.1 Å². The summed E-state index contributed by atoms with van der Waals surface area (Å²) in [5.74, 6) is 0. The third-order valence-corrected chi connectivity index (χ3v) is 8.01. The minimum atomic E-state index is -0.276. The first-order valence-corrected chi connectivity index (χ1v) is 17.6. The molecular weight excluding hydrogens is 548 g/mol. The normalized spacial score (nSPS) is 10.8. The molecule has 0 atom stereocenters. The van der Waals surface area contributed by atoms with Crippen LogP contribution < -0.4 is 10.6 Å². The van der Waals surface area contributed by atoms with Gasteiger partial charge in [-0.1, -0.05) is 138 Å². The molecule has 0 spiro atoms. The monoisotopic (exact) mass is 608 g/mol. The molecule has 2 aromatic carbocycles. The molecule has 0 aliphatic rings. The van der Waals surface area contributed by atoms with Crippen molar-refractivity contribution in [2.24, 2.45) is 0 Å². The fourth-order valence-electron chi connectivity index (χ4n) is 5.34. The van der Waals surface area contributed by atoms with Crippen molar-refractivity contribution in [3.05, 3.63) is 71.8 Å². The van der Waals surface area contributed by atoms with Crippen LogP contribution in [0.3, 0.4) is 0 Å². The molecule has 6 nitrogen and oxygen atoms in total. The van der Waals surface area contributed by atoms with Gasteiger partial charge in [-0.15, -0.1) is 0 Å². The SMILES string of the molecule is O=C(NCCCCCCCCCCCCNC(=O)OCCCCCCc1ccccc1)OCCCCCCc1ccccc1. The van der Waals surface area contributed by atoms with Crippen LogP contribution >= 0.6 is 0 Å². The van der Waals surface area contributed by atoms with Crippen molar-refractivity contribution in [3.63, 3.8) is 0 Å². The average Bonchev–Trinajstić information content (AvgIpc) is 3.05. The summed E-state index contributed by atoms with van der Waals surface area (Å²) in [5.41, 5.74) is 2.79. The zero-order chi connectivity index (χ0) is 31.2. The van der Waals surface area contributed by atoms with Crippen molar-refractivity contribution < 1.29 is 19.1 Å². The van der Waals surface area contributed by atoms with Crippen LogP contribution in [0, 0.1) is 0 Å². The Morgan fingerprint density at radius 3 is 1.11 bits per heavy atom. The lowest BCUT2D eigenvalue weighted by atomic mass is 10.1. The van der Waals surface area contributed by atoms with E-state index in [2.05, 4.69) is 71.3 Å². The molecule has 0 heterocycles. The molecule has 0 radical (unpaired) electrons. The van der Waals surface area contributed by atoms with Gasteiger partial charge in [0.05, 0.1) is 13.2 Å². The van der Waals surface area contributed by atoms with E-state index in [0.717, 1.165) is 64.2 Å². The summed E-state index contributed by atoms with van der Waals surface area (Å²) in [6, 6.07) is 21.2. The van der Waals surface area contributed by atoms with Gasteiger partial charge in [0.25, 0.3) is 0 Å². The Kier molecular flexibility index (Phi) is 23.2. The Hall–Kier alpha value is -3.02. The largest absolute Gasteiger partial charge is 0.450 e. The van der Waals surface area contributed by atoms with Gasteiger partial charge in [0.2, 0.25) is 0 Å². The Morgan fingerprint density at radius 1 is 0.409 bits per heavy atom. The summed E-state index contributed by atoms with van der Waals surface area (Å²) in [6.45, 7) is 2.42. The van der Waals surface area contributed by atoms with Crippen LogP contribution in [0.15, 0.2) is 60.7 Å². The van der Waals surface area contributed by atoms with Crippen molar-refractivity contribution in [3.8, 4) is 0 Å². The zero-order valence-corrected chi connectivity index (χ0v) is 27.4. The Balaban J connectivity index is 1.21. The molecule has 246 valence electrons. The van der Waals surface area contributed by atoms with E-state index < -0.39 is 0 Å². The summed E-state index contributed by atoms with van der Waals surface area (Å²) < 4.78 is 10.6. The fraction of sp³-hybridized carbons (Fsp3) is 0.632. The summed E-state index contributed by atoms with van der Waals surface area (Å²) >= 11 is 0. The summed E-state index contributed by atoms with van der Waals surface area (Å²) in [6.07, 6.45) is 22.3. The first-order valence-electron chi connectivity index (χ1n) is 17.6. The lowest BCUT2D eigenvalue weighted by Crippen LogP contribution is -2.25. The molecule has 0 bridgehead atoms. The van der Waals surface area contributed by atoms with Crippen molar-refractivity contribution in [2.45, 2.75) is 128 Å². The molecule has 6 heteroatoms. The van der Waals surface area contributed by atoms with E-state index in [9.17, 15) is 9.59 Å². The van der Waals surface area contributed by atoms with E-state index in [-0.39, 0.29) is 12.2 Å². The van der Waals surface area contributed by atoms with E-state index in [1.54, 1.807) is 0 Å². The van der Waals surface area contributed by atoms with Gasteiger partial charge in [0.15, 0.2) is 0 Å². The van der Waals surface area contributed by atoms with Gasteiger partial charge in [-0.25, -0.2) is 9.59 Å². The number of carbonyl (C=O) groups excluding carboxylic acids is 2. The Morgan fingerprint density at radius 2 is 0.727 bits per heavy atom. The third-order valence-electron chi connectivity index (χ3n) is 8.01. The van der Waals surface area contributed by atoms with E-state index >= 15 is 0 Å². The van der Waals surface area contributed by atoms with Crippen molar-refractivity contribution >= 4 is 12.2 Å². The number of rotatable bonds is 27. The molecule has 0 aliphatic carbocycles. The van der Waals surface area contributed by atoms with E-state index in [0.29, 0.717) is 26.3 Å². The standard InChI is InChI=1S/C38H60N2O4/c41-37(43-33-23-11-7-15-25-35-27-17-13-18-28-35)39-31-21-9-5-3-1-2-4-6-10-22-32-40-38(42)44-34-24-12-8-16-26-36-29-19-14-20-30-36/h13-14,17-20,27-30H,1-12,15-16,21-26,31-34H2,(H,39,41)(H,40,42). The summed E-state index contributed by atoms with van der Waals surface area (Å²) in [5, 5.41) is 5.75. The molecule has 2 rings (SSSR count). The van der Waals surface area contributed by atoms with Crippen LogP contribution in [0.5, 0.6) is 0 Å². The number of benzene rings is 2. The number of ether oxygens (including phenoxy) is 2. The lowest BCUT2D eigenvalue weighted by Gasteiger charge is -2.08. The van der Waals surface area contributed by atoms with Gasteiger partial charge in [-0.05, 0) is 62.5 Å². The number of nitrogens with one attached hydrogen (secondary N) is 2. The average molecular weight is 609 g/mol. The predicted octanol–water partition coefficient (Wildman–Crippen LogP) is 9.95. The van der Waals surface area contributed by atoms with Crippen LogP contribution in [0.4, 0.5) is 9.59 Å². The van der Waals surface area contributed by atoms with Crippen molar-refractivity contribution in [1.82, 2.24) is 10.6 Å². The topological polar surface area (TPSA) is 76.7 Å². The number of amides is 2. The molecule has 0 saturated carbocycles. The smallest absolute Gasteiger partial charge is 0.407 e. The quantitative estimate of drug-likeness (QED) is 0.0990. The minimum absolute atomic E-state index is 0.276. The predicted molar refractivity (Wildman–Crippen MR) is 182 cm³/mol. The highest BCUT2D eigenvalue weighted by atomic mass is 16.6. The number of hydrogen-bond acceptors (Lipinski definition) is 4. The van der Waals surface area contributed by atoms with Crippen LogP contribution in [0.1, 0.15) is 127 Å². The fourth-order valence-corrected chi connectivity index (χ4v) is 5.34. The minimum Gasteiger partial charge on any atom is -0.450 e. The molecule has 0 aromatic heterocycles. The van der Waals surface area contributed by atoms with Crippen molar-refractivity contribution in [1.29, 1.82) is 0 Å². The molecule has 0 aliphatic heterocycles. The van der Waals surface area contributed by atoms with E-state index in [1.807, 2.05) is 0 Å². The second-order valence-electron chi connectivity index (χ2n) is 12.0. The number of aryl methyl sites for hydroxylation is 2. The number of alkyl carbamates (subject to hydrolysis) is 2. The second kappa shape index (κ2) is 27.5. The van der Waals surface area contributed by atoms with Gasteiger partial charge < -0.3 is 20.1 Å². The summed E-state index contributed by atoms with van der Waals surface area (Å²) in [4.78, 5) is 23.6. The molecule has 0 saturated heterocycles. The number of unbranched alkanes of at least 4 members (excludes halogenated alkanes) is 15. The molecule has 2 amide bonds. The molecule has 2 aromatic rings. The third kappa shape index (κ3) is 22.5. The van der Waals surface area contributed by atoms with Crippen LogP contribution in [-0.4, -0.2) is 38.5 Å². The highest BCUT2D eigenvalue weighted by molar-refractivity contribution is 5.67. The molecular formula is C38H60N2O4. The maximum absolute atomic E-state index is 11.8. The Labute approximate surface area is 268 Å². The van der Waals surface area contributed by atoms with Crippen molar-refractivity contribution in [2.75, 3.05) is 26.3 Å². The zero-order valence-electron chi connectivity index (χ0n) is 27.4. The maximum atomic E-state index is 11.8. The first-order chi connectivity index (χ1) is 21.7.